The lowest BCUT2D eigenvalue weighted by molar-refractivity contribution is 0.0711. The highest BCUT2D eigenvalue weighted by molar-refractivity contribution is 7.89. The van der Waals surface area contributed by atoms with Crippen LogP contribution in [0.5, 0.6) is 0 Å². The predicted octanol–water partition coefficient (Wildman–Crippen LogP) is 3.03. The summed E-state index contributed by atoms with van der Waals surface area (Å²) in [5, 5.41) is 0. The molecule has 0 unspecified atom stereocenters. The first-order chi connectivity index (χ1) is 12.7. The summed E-state index contributed by atoms with van der Waals surface area (Å²) in [4.78, 5) is 14.5. The highest BCUT2D eigenvalue weighted by atomic mass is 32.2. The number of nitrogens with zero attached hydrogens (tertiary/aromatic N) is 1. The first kappa shape index (κ1) is 19.5. The van der Waals surface area contributed by atoms with E-state index in [1.165, 1.54) is 12.1 Å². The summed E-state index contributed by atoms with van der Waals surface area (Å²) < 4.78 is 40.5. The Morgan fingerprint density at radius 2 is 1.59 bits per heavy atom. The second kappa shape index (κ2) is 7.78. The fraction of sp³-hybridized carbons (Fsp3) is 0.350. The van der Waals surface area contributed by atoms with E-state index in [1.54, 1.807) is 4.90 Å². The molecule has 144 valence electrons. The Kier molecular flexibility index (Phi) is 5.62. The largest absolute Gasteiger partial charge is 0.339 e. The number of nitrogens with one attached hydrogen (secondary N) is 1. The number of hydrogen-bond donors (Lipinski definition) is 1. The Bertz CT molecular complexity index is 914. The molecule has 1 heterocycles. The van der Waals surface area contributed by atoms with E-state index in [-0.39, 0.29) is 16.8 Å². The average molecular weight is 390 g/mol. The van der Waals surface area contributed by atoms with Gasteiger partial charge in [-0.05, 0) is 63.1 Å². The van der Waals surface area contributed by atoms with Crippen LogP contribution < -0.4 is 4.72 Å². The number of carbonyl (C=O) groups is 1. The van der Waals surface area contributed by atoms with Gasteiger partial charge in [0.25, 0.3) is 5.91 Å². The molecular formula is C20H23FN2O3S. The van der Waals surface area contributed by atoms with Crippen molar-refractivity contribution in [1.29, 1.82) is 0 Å². The van der Waals surface area contributed by atoms with Crippen molar-refractivity contribution in [1.82, 2.24) is 9.62 Å². The first-order valence-electron chi connectivity index (χ1n) is 8.90. The summed E-state index contributed by atoms with van der Waals surface area (Å²) in [5.74, 6) is -0.506. The van der Waals surface area contributed by atoms with E-state index >= 15 is 0 Å². The van der Waals surface area contributed by atoms with Crippen molar-refractivity contribution in [3.8, 4) is 0 Å². The summed E-state index contributed by atoms with van der Waals surface area (Å²) in [6, 6.07) is 10.3. The summed E-state index contributed by atoms with van der Waals surface area (Å²) in [6.07, 6.45) is 1.08. The highest BCUT2D eigenvalue weighted by Crippen LogP contribution is 2.18. The van der Waals surface area contributed by atoms with Crippen molar-refractivity contribution in [2.24, 2.45) is 0 Å². The monoisotopic (exact) mass is 390 g/mol. The van der Waals surface area contributed by atoms with Crippen molar-refractivity contribution in [3.63, 3.8) is 0 Å². The van der Waals surface area contributed by atoms with Gasteiger partial charge in [0.15, 0.2) is 0 Å². The number of likely N-dealkylation sites (tertiary alicyclic amines) is 1. The molecule has 2 aromatic rings. The van der Waals surface area contributed by atoms with Crippen LogP contribution in [-0.2, 0) is 10.0 Å². The molecule has 0 radical (unpaired) electrons. The van der Waals surface area contributed by atoms with Crippen LogP contribution >= 0.6 is 0 Å². The standard InChI is InChI=1S/C20H23FN2O3S/c1-14-11-15(2)13-16(12-14)20(24)23-9-7-18(8-10-23)22-27(25,26)19-5-3-17(21)4-6-19/h3-6,11-13,18,22H,7-10H2,1-2H3. The van der Waals surface area contributed by atoms with E-state index in [4.69, 9.17) is 0 Å². The maximum Gasteiger partial charge on any atom is 0.253 e. The van der Waals surface area contributed by atoms with Crippen molar-refractivity contribution in [2.75, 3.05) is 13.1 Å². The van der Waals surface area contributed by atoms with Crippen LogP contribution in [0.25, 0.3) is 0 Å². The molecule has 3 rings (SSSR count). The van der Waals surface area contributed by atoms with Gasteiger partial charge in [-0.25, -0.2) is 17.5 Å². The molecular weight excluding hydrogens is 367 g/mol. The first-order valence-corrected chi connectivity index (χ1v) is 10.4. The predicted molar refractivity (Wildman–Crippen MR) is 102 cm³/mol. The zero-order valence-corrected chi connectivity index (χ0v) is 16.2. The van der Waals surface area contributed by atoms with Crippen molar-refractivity contribution in [2.45, 2.75) is 37.6 Å². The lowest BCUT2D eigenvalue weighted by Crippen LogP contribution is -2.46. The van der Waals surface area contributed by atoms with E-state index in [1.807, 2.05) is 32.0 Å². The van der Waals surface area contributed by atoms with Gasteiger partial charge in [-0.2, -0.15) is 0 Å². The number of amides is 1. The van der Waals surface area contributed by atoms with E-state index in [0.717, 1.165) is 23.3 Å². The third-order valence-corrected chi connectivity index (χ3v) is 6.23. The van der Waals surface area contributed by atoms with Gasteiger partial charge in [-0.15, -0.1) is 0 Å². The minimum absolute atomic E-state index is 0.0263. The van der Waals surface area contributed by atoms with Gasteiger partial charge < -0.3 is 4.90 Å². The van der Waals surface area contributed by atoms with Crippen LogP contribution in [-0.4, -0.2) is 38.4 Å². The van der Waals surface area contributed by atoms with Crippen LogP contribution in [0, 0.1) is 19.7 Å². The number of sulfonamides is 1. The van der Waals surface area contributed by atoms with Crippen LogP contribution in [0.2, 0.25) is 0 Å². The van der Waals surface area contributed by atoms with Gasteiger partial charge in [0, 0.05) is 24.7 Å². The zero-order chi connectivity index (χ0) is 19.6. The molecule has 1 fully saturated rings. The second-order valence-corrected chi connectivity index (χ2v) is 8.73. The molecule has 1 amide bonds. The second-order valence-electron chi connectivity index (χ2n) is 7.02. The van der Waals surface area contributed by atoms with Crippen LogP contribution in [0.4, 0.5) is 4.39 Å². The molecule has 1 saturated heterocycles. The van der Waals surface area contributed by atoms with Crippen LogP contribution in [0.1, 0.15) is 34.3 Å². The topological polar surface area (TPSA) is 66.5 Å². The van der Waals surface area contributed by atoms with Gasteiger partial charge in [0.2, 0.25) is 10.0 Å². The minimum Gasteiger partial charge on any atom is -0.339 e. The Morgan fingerprint density at radius 3 is 2.15 bits per heavy atom. The minimum atomic E-state index is -3.70. The molecule has 1 aliphatic rings. The maximum absolute atomic E-state index is 13.0. The van der Waals surface area contributed by atoms with E-state index in [0.29, 0.717) is 31.5 Å². The molecule has 0 bridgehead atoms. The Hall–Kier alpha value is -2.25. The lowest BCUT2D eigenvalue weighted by Gasteiger charge is -2.32. The van der Waals surface area contributed by atoms with Crippen LogP contribution in [0.15, 0.2) is 47.4 Å². The SMILES string of the molecule is Cc1cc(C)cc(C(=O)N2CCC(NS(=O)(=O)c3ccc(F)cc3)CC2)c1. The van der Waals surface area contributed by atoms with Gasteiger partial charge in [0.1, 0.15) is 5.82 Å². The average Bonchev–Trinajstić information content (AvgIpc) is 2.61. The third-order valence-electron chi connectivity index (χ3n) is 4.70. The summed E-state index contributed by atoms with van der Waals surface area (Å²) in [6.45, 7) is 4.89. The Morgan fingerprint density at radius 1 is 1.04 bits per heavy atom. The number of aryl methyl sites for hydroxylation is 2. The van der Waals surface area contributed by atoms with Crippen LogP contribution in [0.3, 0.4) is 0 Å². The fourth-order valence-electron chi connectivity index (χ4n) is 3.38. The van der Waals surface area contributed by atoms with Gasteiger partial charge >= 0.3 is 0 Å². The van der Waals surface area contributed by atoms with Crippen molar-refractivity contribution in [3.05, 3.63) is 65.0 Å². The van der Waals surface area contributed by atoms with E-state index in [2.05, 4.69) is 4.72 Å². The molecule has 0 aliphatic carbocycles. The Labute approximate surface area is 159 Å². The van der Waals surface area contributed by atoms with Gasteiger partial charge in [-0.1, -0.05) is 17.2 Å². The molecule has 1 N–H and O–H groups in total. The quantitative estimate of drug-likeness (QED) is 0.873. The summed E-state index contributed by atoms with van der Waals surface area (Å²) in [7, 11) is -3.70. The molecule has 27 heavy (non-hydrogen) atoms. The molecule has 0 atom stereocenters. The molecule has 0 aromatic heterocycles. The van der Waals surface area contributed by atoms with Gasteiger partial charge in [0.05, 0.1) is 4.90 Å². The molecule has 0 spiro atoms. The molecule has 0 saturated carbocycles. The number of hydrogen-bond acceptors (Lipinski definition) is 3. The summed E-state index contributed by atoms with van der Waals surface area (Å²) >= 11 is 0. The fourth-order valence-corrected chi connectivity index (χ4v) is 4.69. The number of rotatable bonds is 4. The number of halogens is 1. The third kappa shape index (κ3) is 4.73. The van der Waals surface area contributed by atoms with E-state index in [9.17, 15) is 17.6 Å². The van der Waals surface area contributed by atoms with Crippen molar-refractivity contribution >= 4 is 15.9 Å². The number of piperidine rings is 1. The lowest BCUT2D eigenvalue weighted by atomic mass is 10.0. The normalized spacial score (nSPS) is 15.7. The number of benzene rings is 2. The molecule has 5 nitrogen and oxygen atoms in total. The van der Waals surface area contributed by atoms with Crippen molar-refractivity contribution < 1.29 is 17.6 Å². The molecule has 7 heteroatoms. The smallest absolute Gasteiger partial charge is 0.253 e. The zero-order valence-electron chi connectivity index (χ0n) is 15.4. The maximum atomic E-state index is 13.0. The van der Waals surface area contributed by atoms with E-state index < -0.39 is 15.8 Å². The van der Waals surface area contributed by atoms with Gasteiger partial charge in [-0.3, -0.25) is 4.79 Å². The highest BCUT2D eigenvalue weighted by Gasteiger charge is 2.27. The Balaban J connectivity index is 1.61. The molecule has 2 aromatic carbocycles. The molecule has 1 aliphatic heterocycles. The summed E-state index contributed by atoms with van der Waals surface area (Å²) in [5.41, 5.74) is 2.75. The number of carbonyl (C=O) groups excluding carboxylic acids is 1.